The molecule has 0 amide bonds. The van der Waals surface area contributed by atoms with E-state index in [0.29, 0.717) is 11.7 Å². The molecular formula is C15H22N2O. The zero-order valence-corrected chi connectivity index (χ0v) is 11.5. The van der Waals surface area contributed by atoms with Gasteiger partial charge in [0.05, 0.1) is 17.4 Å². The predicted octanol–water partition coefficient (Wildman–Crippen LogP) is 3.48. The van der Waals surface area contributed by atoms with Gasteiger partial charge < -0.3 is 10.1 Å². The molecule has 0 unspecified atom stereocenters. The van der Waals surface area contributed by atoms with Crippen molar-refractivity contribution in [1.82, 2.24) is 0 Å². The lowest BCUT2D eigenvalue weighted by Gasteiger charge is -2.10. The normalized spacial score (nSPS) is 10.4. The Hall–Kier alpha value is -1.53. The van der Waals surface area contributed by atoms with E-state index in [0.717, 1.165) is 31.7 Å². The second kappa shape index (κ2) is 7.73. The first kappa shape index (κ1) is 14.5. The minimum absolute atomic E-state index is 0.305. The van der Waals surface area contributed by atoms with Gasteiger partial charge >= 0.3 is 0 Å². The third kappa shape index (κ3) is 5.20. The highest BCUT2D eigenvalue weighted by Crippen LogP contribution is 2.16. The number of anilines is 1. The van der Waals surface area contributed by atoms with Crippen LogP contribution in [0.3, 0.4) is 0 Å². The highest BCUT2D eigenvalue weighted by atomic mass is 16.5. The van der Waals surface area contributed by atoms with Crippen LogP contribution in [0.1, 0.15) is 37.8 Å². The third-order valence-corrected chi connectivity index (χ3v) is 2.63. The second-order valence-corrected chi connectivity index (χ2v) is 4.71. The molecule has 1 rings (SSSR count). The SMILES string of the molecule is Cc1ccc(C#N)c(NCCCCOC(C)C)c1. The molecule has 18 heavy (non-hydrogen) atoms. The average Bonchev–Trinajstić information content (AvgIpc) is 2.33. The number of unbranched alkanes of at least 4 members (excludes halogenated alkanes) is 1. The quantitative estimate of drug-likeness (QED) is 0.749. The van der Waals surface area contributed by atoms with Crippen LogP contribution in [0.25, 0.3) is 0 Å². The Kier molecular flexibility index (Phi) is 6.24. The van der Waals surface area contributed by atoms with Gasteiger partial charge in [-0.15, -0.1) is 0 Å². The van der Waals surface area contributed by atoms with E-state index in [2.05, 4.69) is 11.4 Å². The van der Waals surface area contributed by atoms with Gasteiger partial charge in [-0.05, 0) is 51.3 Å². The number of nitrogens with one attached hydrogen (secondary N) is 1. The maximum Gasteiger partial charge on any atom is 0.101 e. The van der Waals surface area contributed by atoms with Crippen LogP contribution in [0.2, 0.25) is 0 Å². The van der Waals surface area contributed by atoms with Crippen molar-refractivity contribution in [2.75, 3.05) is 18.5 Å². The van der Waals surface area contributed by atoms with Crippen molar-refractivity contribution >= 4 is 5.69 Å². The molecule has 0 bridgehead atoms. The Morgan fingerprint density at radius 2 is 2.11 bits per heavy atom. The lowest BCUT2D eigenvalue weighted by Crippen LogP contribution is -2.07. The fraction of sp³-hybridized carbons (Fsp3) is 0.533. The van der Waals surface area contributed by atoms with E-state index < -0.39 is 0 Å². The van der Waals surface area contributed by atoms with Crippen molar-refractivity contribution in [2.24, 2.45) is 0 Å². The zero-order chi connectivity index (χ0) is 13.4. The summed E-state index contributed by atoms with van der Waals surface area (Å²) >= 11 is 0. The van der Waals surface area contributed by atoms with Crippen LogP contribution in [0.4, 0.5) is 5.69 Å². The maximum absolute atomic E-state index is 9.00. The Morgan fingerprint density at radius 1 is 1.33 bits per heavy atom. The van der Waals surface area contributed by atoms with E-state index in [1.807, 2.05) is 39.0 Å². The minimum Gasteiger partial charge on any atom is -0.384 e. The second-order valence-electron chi connectivity index (χ2n) is 4.71. The lowest BCUT2D eigenvalue weighted by molar-refractivity contribution is 0.0765. The number of nitrogens with zero attached hydrogens (tertiary/aromatic N) is 1. The molecule has 3 heteroatoms. The summed E-state index contributed by atoms with van der Waals surface area (Å²) in [5.74, 6) is 0. The number of hydrogen-bond donors (Lipinski definition) is 1. The van der Waals surface area contributed by atoms with Crippen LogP contribution in [-0.4, -0.2) is 19.3 Å². The van der Waals surface area contributed by atoms with Gasteiger partial charge in [0.25, 0.3) is 0 Å². The van der Waals surface area contributed by atoms with Crippen LogP contribution in [0, 0.1) is 18.3 Å². The summed E-state index contributed by atoms with van der Waals surface area (Å²) in [7, 11) is 0. The number of ether oxygens (including phenoxy) is 1. The molecule has 1 aromatic carbocycles. The zero-order valence-electron chi connectivity index (χ0n) is 11.5. The Labute approximate surface area is 110 Å². The highest BCUT2D eigenvalue weighted by molar-refractivity contribution is 5.58. The molecule has 0 saturated carbocycles. The van der Waals surface area contributed by atoms with Gasteiger partial charge in [0.2, 0.25) is 0 Å². The van der Waals surface area contributed by atoms with Crippen LogP contribution in [0.5, 0.6) is 0 Å². The lowest BCUT2D eigenvalue weighted by atomic mass is 10.1. The number of hydrogen-bond acceptors (Lipinski definition) is 3. The summed E-state index contributed by atoms with van der Waals surface area (Å²) in [4.78, 5) is 0. The maximum atomic E-state index is 9.00. The predicted molar refractivity (Wildman–Crippen MR) is 74.7 cm³/mol. The molecule has 0 fully saturated rings. The van der Waals surface area contributed by atoms with E-state index in [9.17, 15) is 0 Å². The molecule has 3 nitrogen and oxygen atoms in total. The monoisotopic (exact) mass is 246 g/mol. The van der Waals surface area contributed by atoms with Gasteiger partial charge in [-0.3, -0.25) is 0 Å². The van der Waals surface area contributed by atoms with Crippen molar-refractivity contribution in [3.05, 3.63) is 29.3 Å². The van der Waals surface area contributed by atoms with Gasteiger partial charge in [0.1, 0.15) is 6.07 Å². The van der Waals surface area contributed by atoms with Crippen molar-refractivity contribution in [2.45, 2.75) is 39.7 Å². The van der Waals surface area contributed by atoms with E-state index in [1.165, 1.54) is 5.56 Å². The number of aryl methyl sites for hydroxylation is 1. The van der Waals surface area contributed by atoms with Crippen molar-refractivity contribution in [3.63, 3.8) is 0 Å². The molecule has 98 valence electrons. The largest absolute Gasteiger partial charge is 0.384 e. The first-order valence-corrected chi connectivity index (χ1v) is 6.49. The fourth-order valence-corrected chi connectivity index (χ4v) is 1.67. The fourth-order valence-electron chi connectivity index (χ4n) is 1.67. The smallest absolute Gasteiger partial charge is 0.101 e. The standard InChI is InChI=1S/C15H22N2O/c1-12(2)18-9-5-4-8-17-15-10-13(3)6-7-14(15)11-16/h6-7,10,12,17H,4-5,8-9H2,1-3H3. The van der Waals surface area contributed by atoms with E-state index in [4.69, 9.17) is 10.00 Å². The third-order valence-electron chi connectivity index (χ3n) is 2.63. The molecule has 0 heterocycles. The molecule has 0 saturated heterocycles. The number of nitriles is 1. The Morgan fingerprint density at radius 3 is 2.78 bits per heavy atom. The van der Waals surface area contributed by atoms with Gasteiger partial charge in [-0.2, -0.15) is 5.26 Å². The molecule has 0 aromatic heterocycles. The van der Waals surface area contributed by atoms with Gasteiger partial charge in [0, 0.05) is 13.2 Å². The first-order valence-electron chi connectivity index (χ1n) is 6.49. The summed E-state index contributed by atoms with van der Waals surface area (Å²) < 4.78 is 5.48. The molecule has 0 spiro atoms. The molecule has 0 aliphatic carbocycles. The van der Waals surface area contributed by atoms with Crippen molar-refractivity contribution < 1.29 is 4.74 Å². The Balaban J connectivity index is 2.31. The summed E-state index contributed by atoms with van der Waals surface area (Å²) in [5, 5.41) is 12.3. The first-order chi connectivity index (χ1) is 8.63. The molecular weight excluding hydrogens is 224 g/mol. The molecule has 1 N–H and O–H groups in total. The summed E-state index contributed by atoms with van der Waals surface area (Å²) in [6.07, 6.45) is 2.39. The van der Waals surface area contributed by atoms with E-state index in [1.54, 1.807) is 0 Å². The number of rotatable bonds is 7. The average molecular weight is 246 g/mol. The summed E-state index contributed by atoms with van der Waals surface area (Å²) in [6, 6.07) is 8.04. The molecule has 0 radical (unpaired) electrons. The Bertz CT molecular complexity index is 407. The van der Waals surface area contributed by atoms with Crippen LogP contribution < -0.4 is 5.32 Å². The van der Waals surface area contributed by atoms with E-state index in [-0.39, 0.29) is 0 Å². The van der Waals surface area contributed by atoms with E-state index >= 15 is 0 Å². The molecule has 0 aliphatic heterocycles. The molecule has 0 aliphatic rings. The number of benzene rings is 1. The molecule has 0 atom stereocenters. The van der Waals surface area contributed by atoms with Crippen LogP contribution in [0.15, 0.2) is 18.2 Å². The topological polar surface area (TPSA) is 45.0 Å². The summed E-state index contributed by atoms with van der Waals surface area (Å²) in [6.45, 7) is 7.80. The summed E-state index contributed by atoms with van der Waals surface area (Å²) in [5.41, 5.74) is 2.81. The van der Waals surface area contributed by atoms with Crippen molar-refractivity contribution in [3.8, 4) is 6.07 Å². The van der Waals surface area contributed by atoms with Gasteiger partial charge in [-0.25, -0.2) is 0 Å². The van der Waals surface area contributed by atoms with Crippen LogP contribution >= 0.6 is 0 Å². The highest BCUT2D eigenvalue weighted by Gasteiger charge is 2.01. The van der Waals surface area contributed by atoms with Crippen molar-refractivity contribution in [1.29, 1.82) is 5.26 Å². The van der Waals surface area contributed by atoms with Gasteiger partial charge in [0.15, 0.2) is 0 Å². The van der Waals surface area contributed by atoms with Gasteiger partial charge in [-0.1, -0.05) is 6.07 Å². The minimum atomic E-state index is 0.305. The molecule has 1 aromatic rings. The van der Waals surface area contributed by atoms with Crippen LogP contribution in [-0.2, 0) is 4.74 Å².